The van der Waals surface area contributed by atoms with Gasteiger partial charge in [-0.2, -0.15) is 0 Å². The summed E-state index contributed by atoms with van der Waals surface area (Å²) in [5, 5.41) is 2.58. The smallest absolute Gasteiger partial charge is 0.0534 e. The Morgan fingerprint density at radius 1 is 0.682 bits per heavy atom. The van der Waals surface area contributed by atoms with E-state index < -0.39 is 0 Å². The fourth-order valence-corrected chi connectivity index (χ4v) is 3.11. The molecule has 0 bridgehead atoms. The van der Waals surface area contributed by atoms with E-state index in [0.29, 0.717) is 0 Å². The number of hydrogen-bond acceptors (Lipinski definition) is 0. The van der Waals surface area contributed by atoms with E-state index in [4.69, 9.17) is 0 Å². The molecule has 0 atom stereocenters. The summed E-state index contributed by atoms with van der Waals surface area (Å²) in [6.45, 7) is 0. The van der Waals surface area contributed by atoms with Gasteiger partial charge in [-0.1, -0.05) is 64.5 Å². The number of nitrogens with zero attached hydrogens (tertiary/aromatic N) is 1. The summed E-state index contributed by atoms with van der Waals surface area (Å²) in [7, 11) is 0. The maximum Gasteiger partial charge on any atom is 0.0534 e. The van der Waals surface area contributed by atoms with Gasteiger partial charge in [0.15, 0.2) is 0 Å². The molecule has 2 heteroatoms. The lowest BCUT2D eigenvalue weighted by Gasteiger charge is -2.00. The number of benzene rings is 3. The van der Waals surface area contributed by atoms with Gasteiger partial charge in [-0.15, -0.1) is 0 Å². The molecule has 4 rings (SSSR count). The number of halogens is 1. The van der Waals surface area contributed by atoms with Crippen LogP contribution in [0, 0.1) is 0 Å². The van der Waals surface area contributed by atoms with Crippen molar-refractivity contribution in [2.24, 2.45) is 0 Å². The molecule has 0 N–H and O–H groups in total. The lowest BCUT2D eigenvalue weighted by Crippen LogP contribution is -1.85. The first-order valence-corrected chi connectivity index (χ1v) is 8.04. The van der Waals surface area contributed by atoms with Crippen molar-refractivity contribution in [1.82, 2.24) is 4.57 Å². The zero-order valence-corrected chi connectivity index (χ0v) is 13.5. The van der Waals surface area contributed by atoms with Gasteiger partial charge in [-0.25, -0.2) is 0 Å². The molecular weight excluding hydrogens is 334 g/mol. The van der Waals surface area contributed by atoms with Crippen molar-refractivity contribution < 1.29 is 0 Å². The maximum absolute atomic E-state index is 3.47. The van der Waals surface area contributed by atoms with Crippen molar-refractivity contribution in [3.05, 3.63) is 82.8 Å². The highest BCUT2D eigenvalue weighted by molar-refractivity contribution is 9.10. The SMILES string of the molecule is Brc1ccc(C=Cn2c3ccccc3c3ccccc32)cc1. The molecule has 0 amide bonds. The van der Waals surface area contributed by atoms with Gasteiger partial charge in [0.05, 0.1) is 11.0 Å². The van der Waals surface area contributed by atoms with Crippen LogP contribution in [0.5, 0.6) is 0 Å². The van der Waals surface area contributed by atoms with E-state index in [-0.39, 0.29) is 0 Å². The Bertz CT molecular complexity index is 924. The van der Waals surface area contributed by atoms with Gasteiger partial charge >= 0.3 is 0 Å². The molecular formula is C20H14BrN. The highest BCUT2D eigenvalue weighted by Crippen LogP contribution is 2.29. The number of fused-ring (bicyclic) bond motifs is 3. The average molecular weight is 348 g/mol. The molecule has 0 aliphatic heterocycles. The first kappa shape index (κ1) is 13.4. The number of hydrogen-bond donors (Lipinski definition) is 0. The topological polar surface area (TPSA) is 4.93 Å². The zero-order valence-electron chi connectivity index (χ0n) is 11.9. The number of para-hydroxylation sites is 2. The predicted octanol–water partition coefficient (Wildman–Crippen LogP) is 6.18. The molecule has 4 aromatic rings. The second-order valence-electron chi connectivity index (χ2n) is 5.27. The highest BCUT2D eigenvalue weighted by Gasteiger charge is 2.07. The summed E-state index contributed by atoms with van der Waals surface area (Å²) < 4.78 is 3.36. The Labute approximate surface area is 137 Å². The molecule has 0 fully saturated rings. The van der Waals surface area contributed by atoms with Crippen LogP contribution in [-0.4, -0.2) is 4.57 Å². The van der Waals surface area contributed by atoms with Gasteiger partial charge < -0.3 is 4.57 Å². The maximum atomic E-state index is 3.47. The Balaban J connectivity index is 1.91. The molecule has 106 valence electrons. The minimum absolute atomic E-state index is 1.10. The van der Waals surface area contributed by atoms with Crippen molar-refractivity contribution >= 4 is 50.0 Å². The van der Waals surface area contributed by atoms with E-state index in [1.807, 2.05) is 0 Å². The number of aromatic nitrogens is 1. The minimum Gasteiger partial charge on any atom is -0.316 e. The van der Waals surface area contributed by atoms with Crippen LogP contribution >= 0.6 is 15.9 Å². The Hall–Kier alpha value is -2.32. The molecule has 0 spiro atoms. The summed E-state index contributed by atoms with van der Waals surface area (Å²) >= 11 is 3.47. The highest BCUT2D eigenvalue weighted by atomic mass is 79.9. The van der Waals surface area contributed by atoms with E-state index in [2.05, 4.69) is 106 Å². The first-order chi connectivity index (χ1) is 10.8. The lowest BCUT2D eigenvalue weighted by atomic mass is 10.2. The fourth-order valence-electron chi connectivity index (χ4n) is 2.85. The van der Waals surface area contributed by atoms with E-state index in [1.165, 1.54) is 27.4 Å². The summed E-state index contributed by atoms with van der Waals surface area (Å²) in [6.07, 6.45) is 4.29. The van der Waals surface area contributed by atoms with Crippen LogP contribution in [0.2, 0.25) is 0 Å². The van der Waals surface area contributed by atoms with Gasteiger partial charge in [0, 0.05) is 21.4 Å². The third kappa shape index (κ3) is 2.26. The fraction of sp³-hybridized carbons (Fsp3) is 0. The van der Waals surface area contributed by atoms with E-state index >= 15 is 0 Å². The largest absolute Gasteiger partial charge is 0.316 e. The molecule has 3 aromatic carbocycles. The third-order valence-electron chi connectivity index (χ3n) is 3.90. The molecule has 1 aromatic heterocycles. The molecule has 22 heavy (non-hydrogen) atoms. The summed E-state index contributed by atoms with van der Waals surface area (Å²) in [4.78, 5) is 0. The van der Waals surface area contributed by atoms with Crippen LogP contribution < -0.4 is 0 Å². The van der Waals surface area contributed by atoms with Crippen molar-refractivity contribution in [2.75, 3.05) is 0 Å². The minimum atomic E-state index is 1.10. The summed E-state index contributed by atoms with van der Waals surface area (Å²) in [5.74, 6) is 0. The van der Waals surface area contributed by atoms with Gasteiger partial charge in [0.1, 0.15) is 0 Å². The summed E-state index contributed by atoms with van der Waals surface area (Å²) in [6, 6.07) is 25.4. The third-order valence-corrected chi connectivity index (χ3v) is 4.43. The number of rotatable bonds is 2. The van der Waals surface area contributed by atoms with E-state index in [9.17, 15) is 0 Å². The Morgan fingerprint density at radius 3 is 1.82 bits per heavy atom. The van der Waals surface area contributed by atoms with Gasteiger partial charge in [-0.3, -0.25) is 0 Å². The van der Waals surface area contributed by atoms with Crippen LogP contribution in [-0.2, 0) is 0 Å². The van der Waals surface area contributed by atoms with Crippen molar-refractivity contribution in [3.8, 4) is 0 Å². The second kappa shape index (κ2) is 5.47. The Morgan fingerprint density at radius 2 is 1.23 bits per heavy atom. The van der Waals surface area contributed by atoms with Crippen molar-refractivity contribution in [1.29, 1.82) is 0 Å². The lowest BCUT2D eigenvalue weighted by molar-refractivity contribution is 1.30. The standard InChI is InChI=1S/C20H14BrN/c21-16-11-9-15(10-12-16)13-14-22-19-7-3-1-5-17(19)18-6-2-4-8-20(18)22/h1-14H. The molecule has 0 aliphatic rings. The molecule has 0 saturated heterocycles. The van der Waals surface area contributed by atoms with Crippen molar-refractivity contribution in [3.63, 3.8) is 0 Å². The van der Waals surface area contributed by atoms with Crippen LogP contribution in [0.25, 0.3) is 34.1 Å². The Kier molecular flexibility index (Phi) is 3.32. The van der Waals surface area contributed by atoms with Crippen LogP contribution in [0.15, 0.2) is 77.3 Å². The molecule has 0 aliphatic carbocycles. The van der Waals surface area contributed by atoms with Gasteiger partial charge in [-0.05, 0) is 35.9 Å². The molecule has 1 heterocycles. The van der Waals surface area contributed by atoms with Gasteiger partial charge in [0.25, 0.3) is 0 Å². The summed E-state index contributed by atoms with van der Waals surface area (Å²) in [5.41, 5.74) is 3.65. The van der Waals surface area contributed by atoms with Gasteiger partial charge in [0.2, 0.25) is 0 Å². The first-order valence-electron chi connectivity index (χ1n) is 7.24. The van der Waals surface area contributed by atoms with Crippen LogP contribution in [0.1, 0.15) is 5.56 Å². The normalized spacial score (nSPS) is 11.7. The van der Waals surface area contributed by atoms with Crippen LogP contribution in [0.3, 0.4) is 0 Å². The quantitative estimate of drug-likeness (QED) is 0.407. The van der Waals surface area contributed by atoms with Crippen LogP contribution in [0.4, 0.5) is 0 Å². The average Bonchev–Trinajstić information content (AvgIpc) is 2.89. The zero-order chi connectivity index (χ0) is 14.9. The molecule has 0 saturated carbocycles. The second-order valence-corrected chi connectivity index (χ2v) is 6.19. The van der Waals surface area contributed by atoms with Crippen molar-refractivity contribution in [2.45, 2.75) is 0 Å². The predicted molar refractivity (Wildman–Crippen MR) is 98.8 cm³/mol. The molecule has 0 radical (unpaired) electrons. The molecule has 1 nitrogen and oxygen atoms in total. The monoisotopic (exact) mass is 347 g/mol. The van der Waals surface area contributed by atoms with E-state index in [1.54, 1.807) is 0 Å². The van der Waals surface area contributed by atoms with E-state index in [0.717, 1.165) is 4.47 Å². The molecule has 0 unspecified atom stereocenters.